The molecule has 0 aliphatic heterocycles. The van der Waals surface area contributed by atoms with Crippen molar-refractivity contribution in [3.8, 4) is 5.88 Å². The van der Waals surface area contributed by atoms with Crippen molar-refractivity contribution >= 4 is 11.5 Å². The Balaban J connectivity index is 2.75. The van der Waals surface area contributed by atoms with Crippen LogP contribution in [0.2, 0.25) is 0 Å². The molecule has 0 radical (unpaired) electrons. The van der Waals surface area contributed by atoms with E-state index in [1.165, 1.54) is 0 Å². The number of aromatic nitrogens is 2. The molecule has 1 aromatic rings. The van der Waals surface area contributed by atoms with Crippen molar-refractivity contribution in [2.45, 2.75) is 46.0 Å². The number of hydrogen-bond acceptors (Lipinski definition) is 6. The summed E-state index contributed by atoms with van der Waals surface area (Å²) in [5, 5.41) is 3.32. The van der Waals surface area contributed by atoms with E-state index in [1.54, 1.807) is 0 Å². The summed E-state index contributed by atoms with van der Waals surface area (Å²) in [5.41, 5.74) is 6.66. The lowest BCUT2D eigenvalue weighted by atomic mass is 10.3. The molecule has 0 aliphatic rings. The van der Waals surface area contributed by atoms with E-state index in [9.17, 15) is 0 Å². The van der Waals surface area contributed by atoms with Crippen molar-refractivity contribution in [3.05, 3.63) is 5.82 Å². The van der Waals surface area contributed by atoms with Crippen LogP contribution in [0.1, 0.15) is 45.4 Å². The van der Waals surface area contributed by atoms with E-state index in [0.29, 0.717) is 24.0 Å². The number of nitrogens with two attached hydrogens (primary N) is 1. The third-order valence-corrected chi connectivity index (χ3v) is 3.24. The molecule has 22 heavy (non-hydrogen) atoms. The molecule has 0 bridgehead atoms. The number of hydrogen-bond donors (Lipinski definition) is 2. The maximum atomic E-state index is 6.15. The van der Waals surface area contributed by atoms with Gasteiger partial charge < -0.3 is 20.7 Å². The van der Waals surface area contributed by atoms with Gasteiger partial charge in [-0.1, -0.05) is 20.3 Å². The Bertz CT molecular complexity index is 437. The zero-order chi connectivity index (χ0) is 16.4. The predicted octanol–water partition coefficient (Wildman–Crippen LogP) is 2.55. The summed E-state index contributed by atoms with van der Waals surface area (Å²) in [4.78, 5) is 11.1. The van der Waals surface area contributed by atoms with E-state index in [1.807, 2.05) is 0 Å². The molecule has 0 saturated heterocycles. The Morgan fingerprint density at radius 3 is 2.55 bits per heavy atom. The van der Waals surface area contributed by atoms with Gasteiger partial charge in [-0.25, -0.2) is 4.98 Å². The normalized spacial score (nSPS) is 11.0. The van der Waals surface area contributed by atoms with Crippen molar-refractivity contribution in [2.24, 2.45) is 0 Å². The highest BCUT2D eigenvalue weighted by atomic mass is 16.5. The highest BCUT2D eigenvalue weighted by Gasteiger charge is 2.12. The third kappa shape index (κ3) is 6.47. The molecule has 126 valence electrons. The largest absolute Gasteiger partial charge is 0.476 e. The minimum absolute atomic E-state index is 0.515. The highest BCUT2D eigenvalue weighted by Crippen LogP contribution is 2.26. The second kappa shape index (κ2) is 10.2. The number of rotatable bonds is 11. The molecule has 0 aromatic carbocycles. The van der Waals surface area contributed by atoms with Gasteiger partial charge in [-0.15, -0.1) is 0 Å². The first-order valence-corrected chi connectivity index (χ1v) is 8.26. The van der Waals surface area contributed by atoms with Crippen LogP contribution in [0.15, 0.2) is 0 Å². The van der Waals surface area contributed by atoms with Crippen LogP contribution in [0.25, 0.3) is 0 Å². The summed E-state index contributed by atoms with van der Waals surface area (Å²) in [7, 11) is 4.14. The average Bonchev–Trinajstić information content (AvgIpc) is 2.47. The Morgan fingerprint density at radius 2 is 1.91 bits per heavy atom. The minimum Gasteiger partial charge on any atom is -0.476 e. The van der Waals surface area contributed by atoms with Gasteiger partial charge in [-0.3, -0.25) is 0 Å². The van der Waals surface area contributed by atoms with Crippen LogP contribution in [0, 0.1) is 0 Å². The third-order valence-electron chi connectivity index (χ3n) is 3.24. The van der Waals surface area contributed by atoms with Crippen LogP contribution in [0.4, 0.5) is 11.5 Å². The number of anilines is 2. The molecule has 0 unspecified atom stereocenters. The molecule has 0 spiro atoms. The summed E-state index contributed by atoms with van der Waals surface area (Å²) in [6, 6.07) is 0. The predicted molar refractivity (Wildman–Crippen MR) is 92.5 cm³/mol. The number of aryl methyl sites for hydroxylation is 1. The number of nitrogens with zero attached hydrogens (tertiary/aromatic N) is 3. The lowest BCUT2D eigenvalue weighted by molar-refractivity contribution is 0.298. The van der Waals surface area contributed by atoms with Crippen molar-refractivity contribution < 1.29 is 4.74 Å². The van der Waals surface area contributed by atoms with Crippen LogP contribution < -0.4 is 15.8 Å². The molecule has 0 fully saturated rings. The van der Waals surface area contributed by atoms with Crippen LogP contribution in [0.5, 0.6) is 5.88 Å². The Kier molecular flexibility index (Phi) is 8.58. The first-order valence-electron chi connectivity index (χ1n) is 8.26. The summed E-state index contributed by atoms with van der Waals surface area (Å²) >= 11 is 0. The molecule has 6 heteroatoms. The molecule has 6 nitrogen and oxygen atoms in total. The van der Waals surface area contributed by atoms with Gasteiger partial charge in [0.1, 0.15) is 11.5 Å². The van der Waals surface area contributed by atoms with Gasteiger partial charge in [0.15, 0.2) is 5.82 Å². The first-order chi connectivity index (χ1) is 10.6. The quantitative estimate of drug-likeness (QED) is 0.612. The standard InChI is InChI=1S/C16H31N5O/c1-5-7-12-22-16-14(17)15(18-10-8-11-21(3)4)19-13(20-16)9-6-2/h5-12,17H2,1-4H3,(H,18,19,20). The molecular weight excluding hydrogens is 278 g/mol. The number of nitrogens with one attached hydrogen (secondary N) is 1. The van der Waals surface area contributed by atoms with Gasteiger partial charge >= 0.3 is 0 Å². The fraction of sp³-hybridized carbons (Fsp3) is 0.750. The Labute approximate surface area is 134 Å². The molecule has 0 aliphatic carbocycles. The maximum absolute atomic E-state index is 6.15. The number of unbranched alkanes of at least 4 members (excludes halogenated alkanes) is 1. The van der Waals surface area contributed by atoms with Crippen LogP contribution >= 0.6 is 0 Å². The maximum Gasteiger partial charge on any atom is 0.242 e. The number of nitrogen functional groups attached to an aromatic ring is 1. The van der Waals surface area contributed by atoms with E-state index < -0.39 is 0 Å². The summed E-state index contributed by atoms with van der Waals surface area (Å²) in [5.74, 6) is 2.00. The molecule has 0 saturated carbocycles. The summed E-state index contributed by atoms with van der Waals surface area (Å²) in [6.07, 6.45) is 4.95. The van der Waals surface area contributed by atoms with Gasteiger partial charge in [0.25, 0.3) is 0 Å². The highest BCUT2D eigenvalue weighted by molar-refractivity contribution is 5.66. The topological polar surface area (TPSA) is 76.3 Å². The molecule has 0 atom stereocenters. The van der Waals surface area contributed by atoms with Gasteiger partial charge in [-0.05, 0) is 39.9 Å². The Morgan fingerprint density at radius 1 is 1.14 bits per heavy atom. The average molecular weight is 309 g/mol. The zero-order valence-electron chi connectivity index (χ0n) is 14.5. The molecule has 1 aromatic heterocycles. The smallest absolute Gasteiger partial charge is 0.242 e. The second-order valence-electron chi connectivity index (χ2n) is 5.74. The van der Waals surface area contributed by atoms with Crippen molar-refractivity contribution in [3.63, 3.8) is 0 Å². The van der Waals surface area contributed by atoms with Crippen LogP contribution in [-0.4, -0.2) is 48.7 Å². The molecule has 1 rings (SSSR count). The fourth-order valence-electron chi connectivity index (χ4n) is 1.99. The van der Waals surface area contributed by atoms with E-state index in [-0.39, 0.29) is 0 Å². The Hall–Kier alpha value is -1.56. The molecule has 1 heterocycles. The SMILES string of the molecule is CCCCOc1nc(CCC)nc(NCCCN(C)C)c1N. The van der Waals surface area contributed by atoms with Crippen LogP contribution in [0.3, 0.4) is 0 Å². The van der Waals surface area contributed by atoms with Crippen molar-refractivity contribution in [1.29, 1.82) is 0 Å². The lowest BCUT2D eigenvalue weighted by Crippen LogP contribution is -2.18. The monoisotopic (exact) mass is 309 g/mol. The van der Waals surface area contributed by atoms with E-state index in [0.717, 1.165) is 51.0 Å². The zero-order valence-corrected chi connectivity index (χ0v) is 14.5. The van der Waals surface area contributed by atoms with Crippen LogP contribution in [-0.2, 0) is 6.42 Å². The molecule has 3 N–H and O–H groups in total. The van der Waals surface area contributed by atoms with E-state index in [4.69, 9.17) is 10.5 Å². The minimum atomic E-state index is 0.515. The fourth-order valence-corrected chi connectivity index (χ4v) is 1.99. The molecule has 0 amide bonds. The van der Waals surface area contributed by atoms with E-state index >= 15 is 0 Å². The van der Waals surface area contributed by atoms with Gasteiger partial charge in [-0.2, -0.15) is 4.98 Å². The number of ether oxygens (including phenoxy) is 1. The van der Waals surface area contributed by atoms with Gasteiger partial charge in [0.2, 0.25) is 5.88 Å². The summed E-state index contributed by atoms with van der Waals surface area (Å²) < 4.78 is 5.73. The van der Waals surface area contributed by atoms with Crippen molar-refractivity contribution in [2.75, 3.05) is 44.8 Å². The molecular formula is C16H31N5O. The van der Waals surface area contributed by atoms with Crippen molar-refractivity contribution in [1.82, 2.24) is 14.9 Å². The second-order valence-corrected chi connectivity index (χ2v) is 5.74. The summed E-state index contributed by atoms with van der Waals surface area (Å²) in [6.45, 7) is 6.75. The van der Waals surface area contributed by atoms with E-state index in [2.05, 4.69) is 48.1 Å². The van der Waals surface area contributed by atoms with Gasteiger partial charge in [0, 0.05) is 13.0 Å². The van der Waals surface area contributed by atoms with Gasteiger partial charge in [0.05, 0.1) is 6.61 Å². The first kappa shape index (κ1) is 18.5. The lowest BCUT2D eigenvalue weighted by Gasteiger charge is -2.15.